The summed E-state index contributed by atoms with van der Waals surface area (Å²) < 4.78 is 5.12. The van der Waals surface area contributed by atoms with Crippen LogP contribution in [0.3, 0.4) is 0 Å². The van der Waals surface area contributed by atoms with Crippen LogP contribution in [-0.2, 0) is 25.5 Å². The van der Waals surface area contributed by atoms with Crippen LogP contribution < -0.4 is 10.6 Å². The van der Waals surface area contributed by atoms with Crippen molar-refractivity contribution in [3.8, 4) is 0 Å². The Balaban J connectivity index is 1.63. The number of carbonyl (C=O) groups excluding carboxylic acids is 3. The van der Waals surface area contributed by atoms with Gasteiger partial charge in [-0.15, -0.1) is 0 Å². The molecule has 3 rings (SSSR count). The first-order valence-corrected chi connectivity index (χ1v) is 9.34. The van der Waals surface area contributed by atoms with Crippen molar-refractivity contribution < 1.29 is 19.1 Å². The van der Waals surface area contributed by atoms with Gasteiger partial charge in [-0.05, 0) is 29.8 Å². The molecule has 0 fully saturated rings. The molecule has 2 aromatic carbocycles. The molecule has 0 spiro atoms. The number of hydrogen-bond acceptors (Lipinski definition) is 4. The summed E-state index contributed by atoms with van der Waals surface area (Å²) in [5.41, 5.74) is 2.29. The van der Waals surface area contributed by atoms with Gasteiger partial charge in [0.2, 0.25) is 5.91 Å². The maximum absolute atomic E-state index is 12.5. The second-order valence-electron chi connectivity index (χ2n) is 6.48. The van der Waals surface area contributed by atoms with Gasteiger partial charge in [0.25, 0.3) is 5.91 Å². The molecule has 1 heterocycles. The van der Waals surface area contributed by atoms with E-state index in [1.165, 1.54) is 6.92 Å². The molecule has 0 saturated heterocycles. The molecule has 8 heteroatoms. The van der Waals surface area contributed by atoms with E-state index in [1.807, 2.05) is 24.3 Å². The van der Waals surface area contributed by atoms with E-state index in [9.17, 15) is 14.4 Å². The standard InChI is InChI=1S/C21H20ClN3O4/c1-13(26)24-19(9-14-11-23-18-8-3-2-7-17(14)18)21(28)29-12-20(27)25-16-6-4-5-15(22)10-16/h2-8,10-11,19,23H,9,12H2,1H3,(H,24,26)(H,25,27)/t19-/m0/s1. The zero-order valence-corrected chi connectivity index (χ0v) is 16.5. The molecule has 1 aromatic heterocycles. The van der Waals surface area contributed by atoms with E-state index < -0.39 is 24.5 Å². The smallest absolute Gasteiger partial charge is 0.329 e. The van der Waals surface area contributed by atoms with Gasteiger partial charge in [0.15, 0.2) is 6.61 Å². The molecule has 1 atom stereocenters. The van der Waals surface area contributed by atoms with Crippen LogP contribution in [0.2, 0.25) is 5.02 Å². The number of esters is 1. The van der Waals surface area contributed by atoms with Crippen LogP contribution in [0.5, 0.6) is 0 Å². The van der Waals surface area contributed by atoms with Crippen molar-refractivity contribution in [2.24, 2.45) is 0 Å². The highest BCUT2D eigenvalue weighted by molar-refractivity contribution is 6.30. The van der Waals surface area contributed by atoms with Gasteiger partial charge < -0.3 is 20.4 Å². The summed E-state index contributed by atoms with van der Waals surface area (Å²) in [4.78, 5) is 39.2. The second kappa shape index (κ2) is 9.25. The van der Waals surface area contributed by atoms with E-state index in [4.69, 9.17) is 16.3 Å². The van der Waals surface area contributed by atoms with Gasteiger partial charge in [0.1, 0.15) is 6.04 Å². The molecule has 3 N–H and O–H groups in total. The quantitative estimate of drug-likeness (QED) is 0.518. The van der Waals surface area contributed by atoms with Crippen molar-refractivity contribution in [3.63, 3.8) is 0 Å². The fourth-order valence-corrected chi connectivity index (χ4v) is 3.15. The van der Waals surface area contributed by atoms with Crippen LogP contribution in [-0.4, -0.2) is 35.4 Å². The van der Waals surface area contributed by atoms with Gasteiger partial charge in [-0.3, -0.25) is 9.59 Å². The number of anilines is 1. The number of nitrogens with one attached hydrogen (secondary N) is 3. The number of para-hydroxylation sites is 1. The molecule has 7 nitrogen and oxygen atoms in total. The number of carbonyl (C=O) groups is 3. The lowest BCUT2D eigenvalue weighted by Gasteiger charge is -2.16. The number of fused-ring (bicyclic) bond motifs is 1. The topological polar surface area (TPSA) is 100 Å². The monoisotopic (exact) mass is 413 g/mol. The molecule has 2 amide bonds. The molecule has 0 aliphatic rings. The molecule has 0 bridgehead atoms. The zero-order valence-electron chi connectivity index (χ0n) is 15.7. The number of H-pyrrole nitrogens is 1. The lowest BCUT2D eigenvalue weighted by atomic mass is 10.0. The Morgan fingerprint density at radius 2 is 1.93 bits per heavy atom. The summed E-state index contributed by atoms with van der Waals surface area (Å²) in [5.74, 6) is -1.56. The molecule has 150 valence electrons. The van der Waals surface area contributed by atoms with Crippen LogP contribution in [0.15, 0.2) is 54.7 Å². The highest BCUT2D eigenvalue weighted by Gasteiger charge is 2.23. The van der Waals surface area contributed by atoms with Gasteiger partial charge in [-0.1, -0.05) is 35.9 Å². The molecule has 0 saturated carbocycles. The zero-order chi connectivity index (χ0) is 20.8. The molecular formula is C21H20ClN3O4. The first-order chi connectivity index (χ1) is 13.9. The highest BCUT2D eigenvalue weighted by atomic mass is 35.5. The maximum atomic E-state index is 12.5. The number of amides is 2. The number of benzene rings is 2. The van der Waals surface area contributed by atoms with Gasteiger partial charge in [0.05, 0.1) is 0 Å². The molecule has 29 heavy (non-hydrogen) atoms. The highest BCUT2D eigenvalue weighted by Crippen LogP contribution is 2.19. The summed E-state index contributed by atoms with van der Waals surface area (Å²) >= 11 is 5.88. The predicted octanol–water partition coefficient (Wildman–Crippen LogP) is 3.05. The van der Waals surface area contributed by atoms with E-state index in [-0.39, 0.29) is 12.3 Å². The Morgan fingerprint density at radius 1 is 1.14 bits per heavy atom. The number of rotatable bonds is 7. The van der Waals surface area contributed by atoms with E-state index >= 15 is 0 Å². The number of hydrogen-bond donors (Lipinski definition) is 3. The minimum absolute atomic E-state index is 0.234. The first-order valence-electron chi connectivity index (χ1n) is 8.96. The van der Waals surface area contributed by atoms with E-state index in [0.29, 0.717) is 10.7 Å². The summed E-state index contributed by atoms with van der Waals surface area (Å²) in [5, 5.41) is 6.61. The molecule has 0 radical (unpaired) electrons. The minimum Gasteiger partial charge on any atom is -0.454 e. The number of aromatic nitrogens is 1. The van der Waals surface area contributed by atoms with E-state index in [0.717, 1.165) is 16.5 Å². The average Bonchev–Trinajstić information content (AvgIpc) is 3.08. The van der Waals surface area contributed by atoms with Crippen LogP contribution in [0, 0.1) is 0 Å². The Kier molecular flexibility index (Phi) is 6.51. The van der Waals surface area contributed by atoms with Crippen LogP contribution in [0.4, 0.5) is 5.69 Å². The van der Waals surface area contributed by atoms with Crippen molar-refractivity contribution in [2.75, 3.05) is 11.9 Å². The first kappa shape index (κ1) is 20.4. The minimum atomic E-state index is -0.911. The summed E-state index contributed by atoms with van der Waals surface area (Å²) in [6.07, 6.45) is 2.02. The lowest BCUT2D eigenvalue weighted by molar-refractivity contribution is -0.150. The van der Waals surface area contributed by atoms with Crippen molar-refractivity contribution >= 4 is 46.0 Å². The molecule has 0 unspecified atom stereocenters. The third-order valence-corrected chi connectivity index (χ3v) is 4.45. The van der Waals surface area contributed by atoms with Gasteiger partial charge >= 0.3 is 5.97 Å². The Morgan fingerprint density at radius 3 is 2.69 bits per heavy atom. The largest absolute Gasteiger partial charge is 0.454 e. The third-order valence-electron chi connectivity index (χ3n) is 4.21. The maximum Gasteiger partial charge on any atom is 0.329 e. The second-order valence-corrected chi connectivity index (χ2v) is 6.92. The van der Waals surface area contributed by atoms with Crippen molar-refractivity contribution in [3.05, 3.63) is 65.3 Å². The average molecular weight is 414 g/mol. The van der Waals surface area contributed by atoms with Crippen molar-refractivity contribution in [1.29, 1.82) is 0 Å². The van der Waals surface area contributed by atoms with E-state index in [1.54, 1.807) is 30.5 Å². The van der Waals surface area contributed by atoms with Gasteiger partial charge in [0, 0.05) is 41.2 Å². The molecule has 0 aliphatic heterocycles. The summed E-state index contributed by atoms with van der Waals surface area (Å²) in [6, 6.07) is 13.4. The SMILES string of the molecule is CC(=O)N[C@@H](Cc1c[nH]c2ccccc12)C(=O)OCC(=O)Nc1cccc(Cl)c1. The van der Waals surface area contributed by atoms with Gasteiger partial charge in [-0.2, -0.15) is 0 Å². The predicted molar refractivity (Wildman–Crippen MR) is 111 cm³/mol. The third kappa shape index (κ3) is 5.58. The van der Waals surface area contributed by atoms with E-state index in [2.05, 4.69) is 15.6 Å². The summed E-state index contributed by atoms with van der Waals surface area (Å²) in [7, 11) is 0. The molecule has 0 aliphatic carbocycles. The number of ether oxygens (including phenoxy) is 1. The molecular weight excluding hydrogens is 394 g/mol. The fourth-order valence-electron chi connectivity index (χ4n) is 2.96. The normalized spacial score (nSPS) is 11.7. The Bertz CT molecular complexity index is 1050. The van der Waals surface area contributed by atoms with Crippen molar-refractivity contribution in [1.82, 2.24) is 10.3 Å². The van der Waals surface area contributed by atoms with Crippen LogP contribution >= 0.6 is 11.6 Å². The Labute approximate surface area is 172 Å². The molecule has 3 aromatic rings. The lowest BCUT2D eigenvalue weighted by Crippen LogP contribution is -2.43. The Hall–Kier alpha value is -3.32. The van der Waals surface area contributed by atoms with Gasteiger partial charge in [-0.25, -0.2) is 4.79 Å². The number of halogens is 1. The van der Waals surface area contributed by atoms with Crippen molar-refractivity contribution in [2.45, 2.75) is 19.4 Å². The fraction of sp³-hybridized carbons (Fsp3) is 0.190. The van der Waals surface area contributed by atoms with Crippen LogP contribution in [0.1, 0.15) is 12.5 Å². The van der Waals surface area contributed by atoms with Crippen LogP contribution in [0.25, 0.3) is 10.9 Å². The number of aromatic amines is 1. The summed E-state index contributed by atoms with van der Waals surface area (Å²) in [6.45, 7) is 0.844.